The first kappa shape index (κ1) is 21.9. The quantitative estimate of drug-likeness (QED) is 0.764. The number of hydrogen-bond donors (Lipinski definition) is 2. The van der Waals surface area contributed by atoms with Gasteiger partial charge >= 0.3 is 0 Å². The SMILES string of the molecule is CN(C(=O)c1ccnnc1)[C@H]1CC[C@@]2(CCO)C[C@H](c3ccccc3)C[C@](C)(O2)[C@@H]1O. The lowest BCUT2D eigenvalue weighted by atomic mass is 9.73. The van der Waals surface area contributed by atoms with Crippen LogP contribution in [0.4, 0.5) is 0 Å². The van der Waals surface area contributed by atoms with Gasteiger partial charge in [0, 0.05) is 13.7 Å². The first-order chi connectivity index (χ1) is 14.9. The van der Waals surface area contributed by atoms with E-state index in [1.165, 1.54) is 18.0 Å². The van der Waals surface area contributed by atoms with E-state index >= 15 is 0 Å². The molecule has 166 valence electrons. The van der Waals surface area contributed by atoms with Crippen LogP contribution >= 0.6 is 0 Å². The third-order valence-corrected chi connectivity index (χ3v) is 7.09. The van der Waals surface area contributed by atoms with Crippen LogP contribution in [0, 0.1) is 0 Å². The highest BCUT2D eigenvalue weighted by Crippen LogP contribution is 2.51. The highest BCUT2D eigenvalue weighted by molar-refractivity contribution is 5.93. The number of aromatic nitrogens is 2. The molecule has 0 unspecified atom stereocenters. The molecule has 5 atom stereocenters. The Morgan fingerprint density at radius 3 is 2.68 bits per heavy atom. The van der Waals surface area contributed by atoms with E-state index in [1.54, 1.807) is 18.0 Å². The van der Waals surface area contributed by atoms with Gasteiger partial charge in [0.1, 0.15) is 6.10 Å². The average molecular weight is 426 g/mol. The Labute approximate surface area is 183 Å². The summed E-state index contributed by atoms with van der Waals surface area (Å²) in [6, 6.07) is 11.5. The summed E-state index contributed by atoms with van der Waals surface area (Å²) >= 11 is 0. The molecule has 31 heavy (non-hydrogen) atoms. The van der Waals surface area contributed by atoms with Crippen molar-refractivity contribution in [3.63, 3.8) is 0 Å². The second kappa shape index (κ2) is 8.65. The molecule has 1 aromatic carbocycles. The number of carbonyl (C=O) groups is 1. The fourth-order valence-corrected chi connectivity index (χ4v) is 5.52. The van der Waals surface area contributed by atoms with Crippen molar-refractivity contribution >= 4 is 5.91 Å². The highest BCUT2D eigenvalue weighted by atomic mass is 16.5. The van der Waals surface area contributed by atoms with Crippen LogP contribution in [0.2, 0.25) is 0 Å². The Hall–Kier alpha value is -2.35. The minimum Gasteiger partial charge on any atom is -0.396 e. The predicted molar refractivity (Wildman–Crippen MR) is 115 cm³/mol. The van der Waals surface area contributed by atoms with Gasteiger partial charge in [-0.25, -0.2) is 0 Å². The molecule has 2 aliphatic rings. The highest BCUT2D eigenvalue weighted by Gasteiger charge is 2.55. The molecule has 4 rings (SSSR count). The summed E-state index contributed by atoms with van der Waals surface area (Å²) in [6.45, 7) is 1.97. The van der Waals surface area contributed by atoms with Crippen LogP contribution < -0.4 is 0 Å². The number of ether oxygens (including phenoxy) is 1. The summed E-state index contributed by atoms with van der Waals surface area (Å²) in [5.41, 5.74) is 0.299. The predicted octanol–water partition coefficient (Wildman–Crippen LogP) is 2.55. The van der Waals surface area contributed by atoms with Gasteiger partial charge in [-0.15, -0.1) is 0 Å². The summed E-state index contributed by atoms with van der Waals surface area (Å²) < 4.78 is 6.62. The number of fused-ring (bicyclic) bond motifs is 2. The van der Waals surface area contributed by atoms with Crippen molar-refractivity contribution in [3.05, 3.63) is 59.9 Å². The second-order valence-corrected chi connectivity index (χ2v) is 9.19. The Bertz CT molecular complexity index is 896. The number of likely N-dealkylation sites (N-methyl/N-ethyl adjacent to an activating group) is 1. The number of aliphatic hydroxyl groups excluding tert-OH is 2. The minimum atomic E-state index is -0.858. The van der Waals surface area contributed by atoms with Crippen LogP contribution in [0.15, 0.2) is 48.8 Å². The molecule has 2 aromatic rings. The van der Waals surface area contributed by atoms with Gasteiger partial charge < -0.3 is 19.8 Å². The molecule has 0 saturated carbocycles. The van der Waals surface area contributed by atoms with Gasteiger partial charge in [0.2, 0.25) is 0 Å². The zero-order valence-electron chi connectivity index (χ0n) is 18.1. The van der Waals surface area contributed by atoms with Crippen molar-refractivity contribution in [1.29, 1.82) is 0 Å². The van der Waals surface area contributed by atoms with Crippen molar-refractivity contribution in [2.75, 3.05) is 13.7 Å². The van der Waals surface area contributed by atoms with Crippen LogP contribution in [0.25, 0.3) is 0 Å². The summed E-state index contributed by atoms with van der Waals surface area (Å²) in [4.78, 5) is 14.7. The maximum atomic E-state index is 13.1. The van der Waals surface area contributed by atoms with Gasteiger partial charge in [-0.1, -0.05) is 30.3 Å². The third-order valence-electron chi connectivity index (χ3n) is 7.09. The summed E-state index contributed by atoms with van der Waals surface area (Å²) in [5.74, 6) is 0.0140. The second-order valence-electron chi connectivity index (χ2n) is 9.19. The summed E-state index contributed by atoms with van der Waals surface area (Å²) in [6.07, 6.45) is 5.29. The van der Waals surface area contributed by atoms with E-state index in [1.807, 2.05) is 25.1 Å². The lowest BCUT2D eigenvalue weighted by Crippen LogP contribution is -2.58. The van der Waals surface area contributed by atoms with Crippen LogP contribution in [0.5, 0.6) is 0 Å². The average Bonchev–Trinajstić information content (AvgIpc) is 2.86. The number of amides is 1. The van der Waals surface area contributed by atoms with Gasteiger partial charge in [0.05, 0.1) is 35.2 Å². The number of hydrogen-bond acceptors (Lipinski definition) is 6. The molecule has 2 N–H and O–H groups in total. The largest absolute Gasteiger partial charge is 0.396 e. The lowest BCUT2D eigenvalue weighted by molar-refractivity contribution is -0.225. The van der Waals surface area contributed by atoms with Gasteiger partial charge in [-0.3, -0.25) is 4.79 Å². The molecule has 1 aromatic heterocycles. The lowest BCUT2D eigenvalue weighted by Gasteiger charge is -2.50. The number of aliphatic hydroxyl groups is 2. The van der Waals surface area contributed by atoms with Gasteiger partial charge in [0.15, 0.2) is 0 Å². The smallest absolute Gasteiger partial charge is 0.255 e. The molecular weight excluding hydrogens is 394 g/mol. The molecule has 0 aliphatic carbocycles. The molecule has 2 saturated heterocycles. The molecule has 0 spiro atoms. The van der Waals surface area contributed by atoms with Crippen molar-refractivity contribution in [3.8, 4) is 0 Å². The molecule has 2 bridgehead atoms. The molecule has 7 nitrogen and oxygen atoms in total. The first-order valence-electron chi connectivity index (χ1n) is 11.0. The fraction of sp³-hybridized carbons (Fsp3) is 0.542. The standard InChI is InChI=1S/C24H31N3O4/c1-23-14-19(17-6-4-3-5-7-17)15-24(31-23,11-13-28)10-8-20(21(23)29)27(2)22(30)18-9-12-25-26-16-18/h3-7,9,12,16,19-21,28-29H,8,10-11,13-15H2,1-2H3/t19-,20+,21-,23+,24-/m1/s1. The van der Waals surface area contributed by atoms with Crippen molar-refractivity contribution in [1.82, 2.24) is 15.1 Å². The molecule has 2 fully saturated rings. The maximum Gasteiger partial charge on any atom is 0.255 e. The van der Waals surface area contributed by atoms with E-state index in [0.29, 0.717) is 31.2 Å². The van der Waals surface area contributed by atoms with E-state index in [-0.39, 0.29) is 18.4 Å². The fourth-order valence-electron chi connectivity index (χ4n) is 5.52. The number of carbonyl (C=O) groups excluding carboxylic acids is 1. The molecule has 1 amide bonds. The molecule has 7 heteroatoms. The van der Waals surface area contributed by atoms with Gasteiger partial charge in [-0.2, -0.15) is 10.2 Å². The van der Waals surface area contributed by atoms with Crippen molar-refractivity contribution in [2.24, 2.45) is 0 Å². The number of rotatable bonds is 5. The van der Waals surface area contributed by atoms with E-state index in [0.717, 1.165) is 6.42 Å². The normalized spacial score (nSPS) is 32.8. The van der Waals surface area contributed by atoms with E-state index in [9.17, 15) is 15.0 Å². The molecule has 0 radical (unpaired) electrons. The molecular formula is C24H31N3O4. The van der Waals surface area contributed by atoms with E-state index in [4.69, 9.17) is 4.74 Å². The van der Waals surface area contributed by atoms with Crippen LogP contribution in [-0.4, -0.2) is 68.2 Å². The zero-order valence-corrected chi connectivity index (χ0v) is 18.1. The first-order valence-corrected chi connectivity index (χ1v) is 11.0. The third kappa shape index (κ3) is 4.22. The minimum absolute atomic E-state index is 0.0236. The monoisotopic (exact) mass is 425 g/mol. The van der Waals surface area contributed by atoms with Crippen LogP contribution in [0.1, 0.15) is 60.9 Å². The maximum absolute atomic E-state index is 13.1. The molecule has 2 aliphatic heterocycles. The topological polar surface area (TPSA) is 95.8 Å². The Morgan fingerprint density at radius 2 is 2.00 bits per heavy atom. The van der Waals surface area contributed by atoms with Crippen LogP contribution in [0.3, 0.4) is 0 Å². The zero-order chi connectivity index (χ0) is 22.1. The summed E-state index contributed by atoms with van der Waals surface area (Å²) in [5, 5.41) is 28.9. The van der Waals surface area contributed by atoms with Crippen molar-refractivity contribution in [2.45, 2.75) is 68.3 Å². The number of benzene rings is 1. The van der Waals surface area contributed by atoms with E-state index in [2.05, 4.69) is 22.3 Å². The Kier molecular flexibility index (Phi) is 6.10. The number of nitrogens with zero attached hydrogens (tertiary/aromatic N) is 3. The van der Waals surface area contributed by atoms with Gasteiger partial charge in [-0.05, 0) is 56.6 Å². The Balaban J connectivity index is 1.66. The van der Waals surface area contributed by atoms with Crippen LogP contribution in [-0.2, 0) is 4.74 Å². The van der Waals surface area contributed by atoms with E-state index < -0.39 is 23.3 Å². The molecule has 3 heterocycles. The van der Waals surface area contributed by atoms with Crippen molar-refractivity contribution < 1.29 is 19.7 Å². The van der Waals surface area contributed by atoms with Gasteiger partial charge in [0.25, 0.3) is 5.91 Å². The Morgan fingerprint density at radius 1 is 1.23 bits per heavy atom. The summed E-state index contributed by atoms with van der Waals surface area (Å²) in [7, 11) is 1.72.